The number of nitrogens with zero attached hydrogens (tertiary/aromatic N) is 2. The first kappa shape index (κ1) is 18.2. The lowest BCUT2D eigenvalue weighted by Gasteiger charge is -2.16. The molecular weight excluding hydrogens is 328 g/mol. The minimum atomic E-state index is -0.198. The van der Waals surface area contributed by atoms with E-state index in [2.05, 4.69) is 50.8 Å². The zero-order chi connectivity index (χ0) is 18.2. The molecule has 0 unspecified atom stereocenters. The first-order chi connectivity index (χ1) is 12.7. The number of urea groups is 1. The maximum Gasteiger partial charge on any atom is 0.319 e. The molecule has 1 aromatic heterocycles. The van der Waals surface area contributed by atoms with E-state index in [-0.39, 0.29) is 6.03 Å². The average Bonchev–Trinajstić information content (AvgIpc) is 3.10. The summed E-state index contributed by atoms with van der Waals surface area (Å²) in [5, 5.41) is 5.71. The summed E-state index contributed by atoms with van der Waals surface area (Å²) in [6.07, 6.45) is 3.77. The third-order valence-corrected chi connectivity index (χ3v) is 4.66. The zero-order valence-corrected chi connectivity index (χ0v) is 15.1. The molecule has 6 heteroatoms. The van der Waals surface area contributed by atoms with Crippen LogP contribution >= 0.6 is 0 Å². The number of amides is 2. The van der Waals surface area contributed by atoms with E-state index in [1.165, 1.54) is 12.0 Å². The van der Waals surface area contributed by atoms with Gasteiger partial charge in [-0.1, -0.05) is 30.3 Å². The molecule has 2 aromatic rings. The summed E-state index contributed by atoms with van der Waals surface area (Å²) in [4.78, 5) is 18.5. The number of pyridine rings is 1. The molecule has 3 rings (SSSR count). The van der Waals surface area contributed by atoms with Gasteiger partial charge in [-0.15, -0.1) is 0 Å². The van der Waals surface area contributed by atoms with Crippen LogP contribution in [-0.2, 0) is 6.54 Å². The number of anilines is 1. The average molecular weight is 354 g/mol. The molecule has 2 amide bonds. The zero-order valence-electron chi connectivity index (χ0n) is 15.1. The predicted octanol–water partition coefficient (Wildman–Crippen LogP) is 3.12. The summed E-state index contributed by atoms with van der Waals surface area (Å²) in [6, 6.07) is 13.9. The van der Waals surface area contributed by atoms with Gasteiger partial charge in [-0.2, -0.15) is 0 Å². The number of carbonyl (C=O) groups excluding carboxylic acids is 1. The van der Waals surface area contributed by atoms with Gasteiger partial charge in [0.2, 0.25) is 5.88 Å². The van der Waals surface area contributed by atoms with Crippen molar-refractivity contribution in [1.82, 2.24) is 15.2 Å². The van der Waals surface area contributed by atoms with E-state index in [1.54, 1.807) is 25.4 Å². The largest absolute Gasteiger partial charge is 0.481 e. The first-order valence-corrected chi connectivity index (χ1v) is 9.04. The first-order valence-electron chi connectivity index (χ1n) is 9.04. The summed E-state index contributed by atoms with van der Waals surface area (Å²) < 4.78 is 5.00. The van der Waals surface area contributed by atoms with Gasteiger partial charge in [0.15, 0.2) is 0 Å². The van der Waals surface area contributed by atoms with Crippen LogP contribution in [0.2, 0.25) is 0 Å². The van der Waals surface area contributed by atoms with E-state index in [0.29, 0.717) is 24.0 Å². The molecule has 0 bridgehead atoms. The van der Waals surface area contributed by atoms with Crippen LogP contribution in [0.4, 0.5) is 10.5 Å². The maximum absolute atomic E-state index is 12.0. The molecule has 1 aliphatic rings. The Morgan fingerprint density at radius 3 is 2.85 bits per heavy atom. The fourth-order valence-corrected chi connectivity index (χ4v) is 3.27. The predicted molar refractivity (Wildman–Crippen MR) is 102 cm³/mol. The maximum atomic E-state index is 12.0. The molecule has 0 radical (unpaired) electrons. The Morgan fingerprint density at radius 2 is 2.12 bits per heavy atom. The Balaban J connectivity index is 1.33. The van der Waals surface area contributed by atoms with E-state index in [4.69, 9.17) is 4.74 Å². The highest BCUT2D eigenvalue weighted by atomic mass is 16.5. The Bertz CT molecular complexity index is 691. The SMILES string of the molecule is COc1ccc(NC(=O)NCC[C@H]2CCN(Cc3ccccc3)C2)cn1. The van der Waals surface area contributed by atoms with Crippen molar-refractivity contribution >= 4 is 11.7 Å². The van der Waals surface area contributed by atoms with Gasteiger partial charge >= 0.3 is 6.03 Å². The second kappa shape index (κ2) is 9.20. The molecule has 2 N–H and O–H groups in total. The number of hydrogen-bond acceptors (Lipinski definition) is 4. The number of benzene rings is 1. The molecular formula is C20H26N4O2. The fourth-order valence-electron chi connectivity index (χ4n) is 3.27. The van der Waals surface area contributed by atoms with Gasteiger partial charge in [0, 0.05) is 25.7 Å². The van der Waals surface area contributed by atoms with Crippen LogP contribution in [0.1, 0.15) is 18.4 Å². The Morgan fingerprint density at radius 1 is 1.27 bits per heavy atom. The number of likely N-dealkylation sites (tertiary alicyclic amines) is 1. The van der Waals surface area contributed by atoms with Gasteiger partial charge in [0.25, 0.3) is 0 Å². The molecule has 26 heavy (non-hydrogen) atoms. The molecule has 1 saturated heterocycles. The highest BCUT2D eigenvalue weighted by molar-refractivity contribution is 5.88. The van der Waals surface area contributed by atoms with E-state index in [1.807, 2.05) is 0 Å². The van der Waals surface area contributed by atoms with Gasteiger partial charge in [-0.05, 0) is 36.9 Å². The van der Waals surface area contributed by atoms with Crippen LogP contribution in [0.3, 0.4) is 0 Å². The molecule has 138 valence electrons. The van der Waals surface area contributed by atoms with E-state index in [0.717, 1.165) is 26.1 Å². The van der Waals surface area contributed by atoms with Crippen LogP contribution in [0, 0.1) is 5.92 Å². The number of aromatic nitrogens is 1. The number of rotatable bonds is 7. The van der Waals surface area contributed by atoms with Gasteiger partial charge in [0.1, 0.15) is 0 Å². The molecule has 0 saturated carbocycles. The molecule has 2 heterocycles. The number of nitrogens with one attached hydrogen (secondary N) is 2. The Labute approximate surface area is 154 Å². The molecule has 6 nitrogen and oxygen atoms in total. The van der Waals surface area contributed by atoms with Crippen molar-refractivity contribution < 1.29 is 9.53 Å². The highest BCUT2D eigenvalue weighted by Gasteiger charge is 2.22. The van der Waals surface area contributed by atoms with E-state index >= 15 is 0 Å². The van der Waals surface area contributed by atoms with Gasteiger partial charge in [0.05, 0.1) is 19.0 Å². The second-order valence-electron chi connectivity index (χ2n) is 6.63. The van der Waals surface area contributed by atoms with Crippen LogP contribution < -0.4 is 15.4 Å². The minimum absolute atomic E-state index is 0.198. The number of carbonyl (C=O) groups is 1. The molecule has 1 aliphatic heterocycles. The van der Waals surface area contributed by atoms with Crippen LogP contribution in [0.25, 0.3) is 0 Å². The molecule has 1 aromatic carbocycles. The summed E-state index contributed by atoms with van der Waals surface area (Å²) in [6.45, 7) is 3.92. The number of hydrogen-bond donors (Lipinski definition) is 2. The number of ether oxygens (including phenoxy) is 1. The monoisotopic (exact) mass is 354 g/mol. The second-order valence-corrected chi connectivity index (χ2v) is 6.63. The van der Waals surface area contributed by atoms with Crippen molar-refractivity contribution in [3.63, 3.8) is 0 Å². The summed E-state index contributed by atoms with van der Waals surface area (Å²) in [5.74, 6) is 1.17. The lowest BCUT2D eigenvalue weighted by molar-refractivity contribution is 0.251. The summed E-state index contributed by atoms with van der Waals surface area (Å²) in [7, 11) is 1.56. The van der Waals surface area contributed by atoms with Gasteiger partial charge in [-0.3, -0.25) is 4.90 Å². The fraction of sp³-hybridized carbons (Fsp3) is 0.400. The van der Waals surface area contributed by atoms with Crippen molar-refractivity contribution in [1.29, 1.82) is 0 Å². The summed E-state index contributed by atoms with van der Waals surface area (Å²) in [5.41, 5.74) is 2.01. The normalized spacial score (nSPS) is 17.0. The van der Waals surface area contributed by atoms with Crippen LogP contribution in [0.5, 0.6) is 5.88 Å². The molecule has 0 spiro atoms. The van der Waals surface area contributed by atoms with Crippen molar-refractivity contribution in [3.05, 3.63) is 54.2 Å². The molecule has 1 fully saturated rings. The molecule has 1 atom stereocenters. The molecule has 0 aliphatic carbocycles. The Kier molecular flexibility index (Phi) is 6.44. The Hall–Kier alpha value is -2.60. The van der Waals surface area contributed by atoms with Crippen molar-refractivity contribution in [3.8, 4) is 5.88 Å². The highest BCUT2D eigenvalue weighted by Crippen LogP contribution is 2.21. The van der Waals surface area contributed by atoms with Gasteiger partial charge < -0.3 is 15.4 Å². The van der Waals surface area contributed by atoms with Crippen molar-refractivity contribution in [2.24, 2.45) is 5.92 Å². The minimum Gasteiger partial charge on any atom is -0.481 e. The van der Waals surface area contributed by atoms with E-state index in [9.17, 15) is 4.79 Å². The van der Waals surface area contributed by atoms with Crippen molar-refractivity contribution in [2.75, 3.05) is 32.1 Å². The third kappa shape index (κ3) is 5.46. The van der Waals surface area contributed by atoms with Crippen molar-refractivity contribution in [2.45, 2.75) is 19.4 Å². The smallest absolute Gasteiger partial charge is 0.319 e. The van der Waals surface area contributed by atoms with E-state index < -0.39 is 0 Å². The lowest BCUT2D eigenvalue weighted by Crippen LogP contribution is -2.31. The van der Waals surface area contributed by atoms with Gasteiger partial charge in [-0.25, -0.2) is 9.78 Å². The summed E-state index contributed by atoms with van der Waals surface area (Å²) >= 11 is 0. The quantitative estimate of drug-likeness (QED) is 0.802. The standard InChI is InChI=1S/C20H26N4O2/c1-26-19-8-7-18(13-22-19)23-20(25)21-11-9-17-10-12-24(15-17)14-16-5-3-2-4-6-16/h2-8,13,17H,9-12,14-15H2,1H3,(H2,21,23,25)/t17-/m0/s1. The third-order valence-electron chi connectivity index (χ3n) is 4.66. The van der Waals surface area contributed by atoms with Crippen LogP contribution in [-0.4, -0.2) is 42.7 Å². The topological polar surface area (TPSA) is 66.5 Å². The number of methoxy groups -OCH3 is 1. The lowest BCUT2D eigenvalue weighted by atomic mass is 10.1. The van der Waals surface area contributed by atoms with Crippen LogP contribution in [0.15, 0.2) is 48.7 Å².